The van der Waals surface area contributed by atoms with Crippen LogP contribution in [0.5, 0.6) is 0 Å². The van der Waals surface area contributed by atoms with Crippen LogP contribution in [0.3, 0.4) is 0 Å². The summed E-state index contributed by atoms with van der Waals surface area (Å²) in [5, 5.41) is 8.06. The molecule has 0 saturated carbocycles. The summed E-state index contributed by atoms with van der Waals surface area (Å²) >= 11 is 5.32. The smallest absolute Gasteiger partial charge is 0.0701 e. The summed E-state index contributed by atoms with van der Waals surface area (Å²) in [7, 11) is 1.96. The highest BCUT2D eigenvalue weighted by Gasteiger charge is 2.14. The van der Waals surface area contributed by atoms with Crippen LogP contribution in [0.4, 0.5) is 0 Å². The van der Waals surface area contributed by atoms with Crippen molar-refractivity contribution < 1.29 is 0 Å². The van der Waals surface area contributed by atoms with E-state index in [1.165, 1.54) is 8.66 Å². The predicted octanol–water partition coefficient (Wildman–Crippen LogP) is 3.53. The molecule has 0 saturated heterocycles. The van der Waals surface area contributed by atoms with Gasteiger partial charge in [0.15, 0.2) is 0 Å². The minimum absolute atomic E-state index is 0.358. The number of hydrogen-bond donors (Lipinski definition) is 1. The molecule has 0 radical (unpaired) electrons. The number of aromatic nitrogens is 2. The summed E-state index contributed by atoms with van der Waals surface area (Å²) in [5.74, 6) is 0. The number of halogens is 1. The Balaban J connectivity index is 2.09. The second-order valence-electron chi connectivity index (χ2n) is 4.33. The topological polar surface area (TPSA) is 29.9 Å². The van der Waals surface area contributed by atoms with Crippen molar-refractivity contribution >= 4 is 27.3 Å². The number of aryl methyl sites for hydroxylation is 1. The van der Waals surface area contributed by atoms with Gasteiger partial charge in [0.1, 0.15) is 0 Å². The molecule has 2 aromatic heterocycles. The first-order valence-electron chi connectivity index (χ1n) is 6.16. The molecule has 0 aromatic carbocycles. The van der Waals surface area contributed by atoms with Crippen LogP contribution in [0.2, 0.25) is 0 Å². The van der Waals surface area contributed by atoms with Gasteiger partial charge in [0, 0.05) is 30.6 Å². The van der Waals surface area contributed by atoms with Crippen LogP contribution in [0.15, 0.2) is 28.2 Å². The molecule has 0 amide bonds. The molecule has 0 bridgehead atoms. The Bertz CT molecular complexity index is 492. The van der Waals surface area contributed by atoms with Crippen molar-refractivity contribution in [3.63, 3.8) is 0 Å². The molecule has 18 heavy (non-hydrogen) atoms. The lowest BCUT2D eigenvalue weighted by Crippen LogP contribution is -2.23. The Morgan fingerprint density at radius 1 is 1.44 bits per heavy atom. The van der Waals surface area contributed by atoms with E-state index in [2.05, 4.69) is 51.5 Å². The van der Waals surface area contributed by atoms with Crippen LogP contribution >= 0.6 is 27.3 Å². The van der Waals surface area contributed by atoms with Gasteiger partial charge < -0.3 is 5.32 Å². The highest BCUT2D eigenvalue weighted by Crippen LogP contribution is 2.29. The third kappa shape index (κ3) is 3.67. The second kappa shape index (κ2) is 6.50. The minimum Gasteiger partial charge on any atom is -0.309 e. The summed E-state index contributed by atoms with van der Waals surface area (Å²) in [6.45, 7) is 3.22. The third-order valence-corrected chi connectivity index (χ3v) is 4.50. The van der Waals surface area contributed by atoms with Gasteiger partial charge in [0.25, 0.3) is 0 Å². The predicted molar refractivity (Wildman–Crippen MR) is 80.0 cm³/mol. The Morgan fingerprint density at radius 2 is 2.28 bits per heavy atom. The fourth-order valence-electron chi connectivity index (χ4n) is 1.89. The fraction of sp³-hybridized carbons (Fsp3) is 0.462. The maximum atomic E-state index is 4.46. The Labute approximate surface area is 120 Å². The standard InChI is InChI=1S/C13H18BrN3S/c1-3-7-15-11(12-4-5-13(14)18-12)9-10-6-8-17(2)16-10/h4-6,8,11,15H,3,7,9H2,1-2H3. The molecule has 0 aliphatic rings. The number of nitrogens with zero attached hydrogens (tertiary/aromatic N) is 2. The van der Waals surface area contributed by atoms with Crippen molar-refractivity contribution in [2.24, 2.45) is 7.05 Å². The minimum atomic E-state index is 0.358. The molecule has 3 nitrogen and oxygen atoms in total. The van der Waals surface area contributed by atoms with E-state index in [0.717, 1.165) is 25.1 Å². The normalized spacial score (nSPS) is 12.8. The number of hydrogen-bond acceptors (Lipinski definition) is 3. The zero-order valence-electron chi connectivity index (χ0n) is 10.7. The molecular formula is C13H18BrN3S. The lowest BCUT2D eigenvalue weighted by molar-refractivity contribution is 0.528. The monoisotopic (exact) mass is 327 g/mol. The Hall–Kier alpha value is -0.650. The molecule has 2 heterocycles. The van der Waals surface area contributed by atoms with Crippen LogP contribution in [0.1, 0.15) is 30.0 Å². The molecule has 0 aliphatic carbocycles. The number of nitrogens with one attached hydrogen (secondary N) is 1. The Morgan fingerprint density at radius 3 is 2.83 bits per heavy atom. The summed E-state index contributed by atoms with van der Waals surface area (Å²) in [6, 6.07) is 6.74. The number of rotatable bonds is 6. The highest BCUT2D eigenvalue weighted by atomic mass is 79.9. The first-order chi connectivity index (χ1) is 8.69. The van der Waals surface area contributed by atoms with E-state index < -0.39 is 0 Å². The van der Waals surface area contributed by atoms with Crippen molar-refractivity contribution in [3.8, 4) is 0 Å². The van der Waals surface area contributed by atoms with Crippen LogP contribution in [-0.4, -0.2) is 16.3 Å². The van der Waals surface area contributed by atoms with Crippen LogP contribution in [-0.2, 0) is 13.5 Å². The van der Waals surface area contributed by atoms with Crippen molar-refractivity contribution in [3.05, 3.63) is 38.8 Å². The summed E-state index contributed by atoms with van der Waals surface area (Å²) in [6.07, 6.45) is 4.08. The van der Waals surface area contributed by atoms with Gasteiger partial charge in [-0.05, 0) is 47.1 Å². The SMILES string of the molecule is CCCNC(Cc1ccn(C)n1)c1ccc(Br)s1. The van der Waals surface area contributed by atoms with Gasteiger partial charge in [-0.15, -0.1) is 11.3 Å². The molecule has 5 heteroatoms. The van der Waals surface area contributed by atoms with Gasteiger partial charge in [-0.2, -0.15) is 5.10 Å². The molecule has 0 aliphatic heterocycles. The van der Waals surface area contributed by atoms with E-state index in [1.807, 2.05) is 17.9 Å². The largest absolute Gasteiger partial charge is 0.309 e. The number of thiophene rings is 1. The average molecular weight is 328 g/mol. The molecule has 1 unspecified atom stereocenters. The van der Waals surface area contributed by atoms with E-state index in [-0.39, 0.29) is 0 Å². The molecule has 2 aromatic rings. The van der Waals surface area contributed by atoms with Gasteiger partial charge in [0.05, 0.1) is 9.48 Å². The van der Waals surface area contributed by atoms with E-state index in [0.29, 0.717) is 6.04 Å². The first kappa shape index (κ1) is 13.8. The van der Waals surface area contributed by atoms with Gasteiger partial charge in [-0.1, -0.05) is 6.92 Å². The molecule has 1 N–H and O–H groups in total. The molecule has 98 valence electrons. The van der Waals surface area contributed by atoms with Gasteiger partial charge in [-0.25, -0.2) is 0 Å². The van der Waals surface area contributed by atoms with E-state index in [4.69, 9.17) is 0 Å². The zero-order chi connectivity index (χ0) is 13.0. The Kier molecular flexibility index (Phi) is 4.97. The van der Waals surface area contributed by atoms with Crippen LogP contribution in [0.25, 0.3) is 0 Å². The zero-order valence-corrected chi connectivity index (χ0v) is 13.1. The maximum absolute atomic E-state index is 4.46. The summed E-state index contributed by atoms with van der Waals surface area (Å²) < 4.78 is 3.04. The van der Waals surface area contributed by atoms with E-state index in [1.54, 1.807) is 11.3 Å². The van der Waals surface area contributed by atoms with Crippen molar-refractivity contribution in [1.29, 1.82) is 0 Å². The maximum Gasteiger partial charge on any atom is 0.0701 e. The summed E-state index contributed by atoms with van der Waals surface area (Å²) in [4.78, 5) is 1.36. The summed E-state index contributed by atoms with van der Waals surface area (Å²) in [5.41, 5.74) is 1.13. The molecule has 0 spiro atoms. The van der Waals surface area contributed by atoms with Gasteiger partial charge in [-0.3, -0.25) is 4.68 Å². The van der Waals surface area contributed by atoms with Crippen LogP contribution < -0.4 is 5.32 Å². The average Bonchev–Trinajstić information content (AvgIpc) is 2.93. The first-order valence-corrected chi connectivity index (χ1v) is 7.77. The molecule has 0 fully saturated rings. The van der Waals surface area contributed by atoms with Crippen molar-refractivity contribution in [2.75, 3.05) is 6.54 Å². The second-order valence-corrected chi connectivity index (χ2v) is 6.83. The van der Waals surface area contributed by atoms with Crippen molar-refractivity contribution in [2.45, 2.75) is 25.8 Å². The lowest BCUT2D eigenvalue weighted by atomic mass is 10.1. The van der Waals surface area contributed by atoms with Crippen molar-refractivity contribution in [1.82, 2.24) is 15.1 Å². The lowest BCUT2D eigenvalue weighted by Gasteiger charge is -2.15. The van der Waals surface area contributed by atoms with Gasteiger partial charge >= 0.3 is 0 Å². The van der Waals surface area contributed by atoms with Gasteiger partial charge in [0.2, 0.25) is 0 Å². The quantitative estimate of drug-likeness (QED) is 0.879. The fourth-order valence-corrected chi connectivity index (χ4v) is 3.39. The van der Waals surface area contributed by atoms with Crippen LogP contribution in [0, 0.1) is 0 Å². The third-order valence-electron chi connectivity index (χ3n) is 2.76. The van der Waals surface area contributed by atoms with E-state index >= 15 is 0 Å². The molecule has 1 atom stereocenters. The highest BCUT2D eigenvalue weighted by molar-refractivity contribution is 9.11. The molecular weight excluding hydrogens is 310 g/mol. The molecule has 2 rings (SSSR count). The van der Waals surface area contributed by atoms with E-state index in [9.17, 15) is 0 Å².